The fourth-order valence-corrected chi connectivity index (χ4v) is 3.42. The number of aryl methyl sites for hydroxylation is 1. The second-order valence-electron chi connectivity index (χ2n) is 7.54. The van der Waals surface area contributed by atoms with Crippen LogP contribution in [-0.2, 0) is 21.0 Å². The largest absolute Gasteiger partial charge is 0.338 e. The minimum Gasteiger partial charge on any atom is -0.338 e. The summed E-state index contributed by atoms with van der Waals surface area (Å²) in [6, 6.07) is 7.52. The van der Waals surface area contributed by atoms with E-state index in [1.807, 2.05) is 52.0 Å². The molecule has 0 saturated carbocycles. The maximum absolute atomic E-state index is 12.7. The Labute approximate surface area is 157 Å². The van der Waals surface area contributed by atoms with Gasteiger partial charge < -0.3 is 9.05 Å². The molecule has 0 saturated heterocycles. The maximum Gasteiger partial charge on any atom is 0.257 e. The molecule has 1 atom stereocenters. The number of aromatic nitrogens is 4. The van der Waals surface area contributed by atoms with E-state index < -0.39 is 15.1 Å². The number of sulfone groups is 1. The van der Waals surface area contributed by atoms with Gasteiger partial charge >= 0.3 is 0 Å². The number of nitrogens with zero attached hydrogens (tertiary/aromatic N) is 4. The highest BCUT2D eigenvalue weighted by Crippen LogP contribution is 2.27. The Kier molecular flexibility index (Phi) is 4.90. The Morgan fingerprint density at radius 3 is 2.30 bits per heavy atom. The van der Waals surface area contributed by atoms with E-state index in [0.29, 0.717) is 5.82 Å². The summed E-state index contributed by atoms with van der Waals surface area (Å²) >= 11 is 0. The minimum atomic E-state index is -3.66. The molecular formula is C18H22N4O4S. The molecule has 2 aromatic heterocycles. The molecule has 8 nitrogen and oxygen atoms in total. The smallest absolute Gasteiger partial charge is 0.257 e. The molecule has 0 fully saturated rings. The van der Waals surface area contributed by atoms with Crippen LogP contribution >= 0.6 is 0 Å². The molecule has 0 amide bonds. The van der Waals surface area contributed by atoms with Gasteiger partial charge in [0.05, 0.1) is 0 Å². The molecule has 0 bridgehead atoms. The van der Waals surface area contributed by atoms with E-state index in [-0.39, 0.29) is 28.8 Å². The first kappa shape index (κ1) is 19.2. The highest BCUT2D eigenvalue weighted by atomic mass is 32.2. The van der Waals surface area contributed by atoms with Crippen molar-refractivity contribution in [1.82, 2.24) is 20.3 Å². The van der Waals surface area contributed by atoms with Crippen LogP contribution < -0.4 is 0 Å². The molecule has 144 valence electrons. The standard InChI is InChI=1S/C18H22N4O4S/c1-11-6-8-13(9-7-11)16-19-14(21-26-16)10-27(23,24)12(2)15-20-17(22-25-15)18(3,4)5/h6-9,12H,10H2,1-5H3/t12-/m1/s1. The summed E-state index contributed by atoms with van der Waals surface area (Å²) in [4.78, 5) is 8.42. The second kappa shape index (κ2) is 6.88. The lowest BCUT2D eigenvalue weighted by molar-refractivity contribution is 0.361. The van der Waals surface area contributed by atoms with Crippen molar-refractivity contribution in [2.45, 2.75) is 51.0 Å². The Balaban J connectivity index is 1.78. The average molecular weight is 390 g/mol. The lowest BCUT2D eigenvalue weighted by atomic mass is 9.96. The molecule has 27 heavy (non-hydrogen) atoms. The van der Waals surface area contributed by atoms with E-state index in [1.54, 1.807) is 0 Å². The van der Waals surface area contributed by atoms with Gasteiger partial charge in [-0.15, -0.1) is 0 Å². The van der Waals surface area contributed by atoms with Gasteiger partial charge in [-0.2, -0.15) is 9.97 Å². The quantitative estimate of drug-likeness (QED) is 0.651. The molecule has 3 aromatic rings. The minimum absolute atomic E-state index is 0.0576. The van der Waals surface area contributed by atoms with Crippen molar-refractivity contribution in [2.75, 3.05) is 0 Å². The fourth-order valence-electron chi connectivity index (χ4n) is 2.29. The zero-order valence-electron chi connectivity index (χ0n) is 15.9. The molecule has 0 aliphatic heterocycles. The topological polar surface area (TPSA) is 112 Å². The van der Waals surface area contributed by atoms with Crippen LogP contribution in [0.2, 0.25) is 0 Å². The third kappa shape index (κ3) is 4.24. The summed E-state index contributed by atoms with van der Waals surface area (Å²) in [7, 11) is -3.66. The van der Waals surface area contributed by atoms with Crippen LogP contribution in [0.15, 0.2) is 33.3 Å². The van der Waals surface area contributed by atoms with Crippen LogP contribution in [0.25, 0.3) is 11.5 Å². The Hall–Kier alpha value is -2.55. The monoisotopic (exact) mass is 390 g/mol. The van der Waals surface area contributed by atoms with E-state index in [4.69, 9.17) is 9.05 Å². The van der Waals surface area contributed by atoms with E-state index >= 15 is 0 Å². The summed E-state index contributed by atoms with van der Waals surface area (Å²) in [5.41, 5.74) is 1.50. The highest BCUT2D eigenvalue weighted by molar-refractivity contribution is 7.90. The number of hydrogen-bond acceptors (Lipinski definition) is 8. The maximum atomic E-state index is 12.7. The van der Waals surface area contributed by atoms with Crippen molar-refractivity contribution in [3.8, 4) is 11.5 Å². The van der Waals surface area contributed by atoms with Crippen molar-refractivity contribution in [2.24, 2.45) is 0 Å². The van der Waals surface area contributed by atoms with Crippen molar-refractivity contribution in [1.29, 1.82) is 0 Å². The summed E-state index contributed by atoms with van der Waals surface area (Å²) in [6.07, 6.45) is 0. The Bertz CT molecular complexity index is 1030. The molecule has 2 heterocycles. The van der Waals surface area contributed by atoms with Crippen molar-refractivity contribution < 1.29 is 17.5 Å². The molecule has 0 aliphatic carbocycles. The van der Waals surface area contributed by atoms with Gasteiger partial charge in [-0.1, -0.05) is 48.8 Å². The lowest BCUT2D eigenvalue weighted by Crippen LogP contribution is -2.16. The first-order valence-electron chi connectivity index (χ1n) is 8.51. The predicted molar refractivity (Wildman–Crippen MR) is 98.5 cm³/mol. The SMILES string of the molecule is Cc1ccc(-c2nc(CS(=O)(=O)[C@H](C)c3nc(C(C)(C)C)no3)no2)cc1. The number of benzene rings is 1. The zero-order valence-corrected chi connectivity index (χ0v) is 16.7. The molecular weight excluding hydrogens is 368 g/mol. The Morgan fingerprint density at radius 1 is 1.04 bits per heavy atom. The summed E-state index contributed by atoms with van der Waals surface area (Å²) in [5, 5.41) is 6.70. The first-order chi connectivity index (χ1) is 12.6. The molecule has 3 rings (SSSR count). The van der Waals surface area contributed by atoms with E-state index in [1.165, 1.54) is 6.92 Å². The van der Waals surface area contributed by atoms with Gasteiger partial charge in [0.2, 0.25) is 5.89 Å². The van der Waals surface area contributed by atoms with Crippen molar-refractivity contribution in [3.05, 3.63) is 47.4 Å². The normalized spacial score (nSPS) is 13.7. The van der Waals surface area contributed by atoms with Crippen molar-refractivity contribution in [3.63, 3.8) is 0 Å². The van der Waals surface area contributed by atoms with Crippen LogP contribution in [-0.4, -0.2) is 28.7 Å². The van der Waals surface area contributed by atoms with Gasteiger partial charge in [0.25, 0.3) is 5.89 Å². The van der Waals surface area contributed by atoms with Gasteiger partial charge in [0.1, 0.15) is 11.0 Å². The van der Waals surface area contributed by atoms with Gasteiger partial charge in [0, 0.05) is 11.0 Å². The van der Waals surface area contributed by atoms with E-state index in [0.717, 1.165) is 11.1 Å². The molecule has 0 aliphatic rings. The van der Waals surface area contributed by atoms with Crippen LogP contribution in [0.5, 0.6) is 0 Å². The van der Waals surface area contributed by atoms with Gasteiger partial charge in [-0.05, 0) is 26.0 Å². The van der Waals surface area contributed by atoms with E-state index in [2.05, 4.69) is 20.3 Å². The predicted octanol–water partition coefficient (Wildman–Crippen LogP) is 3.40. The van der Waals surface area contributed by atoms with Crippen molar-refractivity contribution >= 4 is 9.84 Å². The molecule has 0 spiro atoms. The third-order valence-corrected chi connectivity index (χ3v) is 6.04. The molecule has 0 radical (unpaired) electrons. The summed E-state index contributed by atoms with van der Waals surface area (Å²) < 4.78 is 35.8. The second-order valence-corrected chi connectivity index (χ2v) is 9.86. The van der Waals surface area contributed by atoms with Crippen LogP contribution in [0.3, 0.4) is 0 Å². The molecule has 0 unspecified atom stereocenters. The molecule has 9 heteroatoms. The average Bonchev–Trinajstić information content (AvgIpc) is 3.23. The van der Waals surface area contributed by atoms with Crippen LogP contribution in [0.4, 0.5) is 0 Å². The molecule has 1 aromatic carbocycles. The number of rotatable bonds is 5. The van der Waals surface area contributed by atoms with E-state index in [9.17, 15) is 8.42 Å². The van der Waals surface area contributed by atoms with Gasteiger partial charge in [-0.25, -0.2) is 8.42 Å². The first-order valence-corrected chi connectivity index (χ1v) is 10.2. The number of hydrogen-bond donors (Lipinski definition) is 0. The van der Waals surface area contributed by atoms with Crippen LogP contribution in [0, 0.1) is 6.92 Å². The van der Waals surface area contributed by atoms with Crippen LogP contribution in [0.1, 0.15) is 56.0 Å². The zero-order chi connectivity index (χ0) is 19.8. The third-order valence-electron chi connectivity index (χ3n) is 4.10. The summed E-state index contributed by atoms with van der Waals surface area (Å²) in [6.45, 7) is 9.25. The highest BCUT2D eigenvalue weighted by Gasteiger charge is 2.32. The molecule has 0 N–H and O–H groups in total. The summed E-state index contributed by atoms with van der Waals surface area (Å²) in [5.74, 6) is 0.508. The fraction of sp³-hybridized carbons (Fsp3) is 0.444. The lowest BCUT2D eigenvalue weighted by Gasteiger charge is -2.11. The van der Waals surface area contributed by atoms with Gasteiger partial charge in [0.15, 0.2) is 21.5 Å². The Morgan fingerprint density at radius 2 is 1.70 bits per heavy atom. The van der Waals surface area contributed by atoms with Gasteiger partial charge in [-0.3, -0.25) is 0 Å².